The molecular formula is C14H15ClN4. The van der Waals surface area contributed by atoms with E-state index in [4.69, 9.17) is 11.6 Å². The highest BCUT2D eigenvalue weighted by atomic mass is 35.5. The third-order valence-electron chi connectivity index (χ3n) is 3.24. The molecule has 0 aliphatic carbocycles. The summed E-state index contributed by atoms with van der Waals surface area (Å²) in [5.41, 5.74) is 3.24. The van der Waals surface area contributed by atoms with Crippen LogP contribution in [0.4, 0.5) is 0 Å². The quantitative estimate of drug-likeness (QED) is 0.768. The predicted octanol–water partition coefficient (Wildman–Crippen LogP) is 2.84. The van der Waals surface area contributed by atoms with Gasteiger partial charge in [0.2, 0.25) is 0 Å². The van der Waals surface area contributed by atoms with Gasteiger partial charge in [-0.3, -0.25) is 4.68 Å². The lowest BCUT2D eigenvalue weighted by Gasteiger charge is -2.04. The minimum absolute atomic E-state index is 0.707. The van der Waals surface area contributed by atoms with Gasteiger partial charge in [-0.2, -0.15) is 5.10 Å². The largest absolute Gasteiger partial charge is 0.356 e. The van der Waals surface area contributed by atoms with Crippen LogP contribution in [0.25, 0.3) is 10.9 Å². The number of para-hydroxylation sites is 1. The molecule has 19 heavy (non-hydrogen) atoms. The second-order valence-electron chi connectivity index (χ2n) is 4.51. The fourth-order valence-electron chi connectivity index (χ4n) is 2.18. The lowest BCUT2D eigenvalue weighted by atomic mass is 10.2. The van der Waals surface area contributed by atoms with Crippen molar-refractivity contribution in [3.63, 3.8) is 0 Å². The molecule has 2 heterocycles. The first-order valence-corrected chi connectivity index (χ1v) is 6.56. The van der Waals surface area contributed by atoms with Gasteiger partial charge in [0, 0.05) is 42.9 Å². The number of aromatic amines is 1. The number of benzene rings is 1. The summed E-state index contributed by atoms with van der Waals surface area (Å²) in [6, 6.07) is 10.1. The van der Waals surface area contributed by atoms with E-state index in [0.29, 0.717) is 6.54 Å². The molecule has 0 atom stereocenters. The summed E-state index contributed by atoms with van der Waals surface area (Å²) in [7, 11) is 1.94. The Hall–Kier alpha value is -1.78. The van der Waals surface area contributed by atoms with Gasteiger partial charge >= 0.3 is 0 Å². The fourth-order valence-corrected chi connectivity index (χ4v) is 2.45. The van der Waals surface area contributed by atoms with Crippen molar-refractivity contribution >= 4 is 22.5 Å². The number of nitrogens with zero attached hydrogens (tertiary/aromatic N) is 2. The van der Waals surface area contributed by atoms with Crippen LogP contribution in [-0.4, -0.2) is 14.8 Å². The first-order valence-electron chi connectivity index (χ1n) is 6.18. The molecule has 0 bridgehead atoms. The van der Waals surface area contributed by atoms with Crippen LogP contribution in [0.3, 0.4) is 0 Å². The molecule has 3 aromatic rings. The summed E-state index contributed by atoms with van der Waals surface area (Å²) in [5.74, 6) is 0. The molecule has 1 aromatic carbocycles. The number of halogens is 1. The zero-order valence-electron chi connectivity index (χ0n) is 10.7. The molecule has 3 rings (SSSR count). The maximum atomic E-state index is 6.36. The molecule has 0 saturated heterocycles. The van der Waals surface area contributed by atoms with Gasteiger partial charge in [0.05, 0.1) is 10.7 Å². The van der Waals surface area contributed by atoms with E-state index in [2.05, 4.69) is 15.4 Å². The molecular weight excluding hydrogens is 260 g/mol. The molecule has 98 valence electrons. The van der Waals surface area contributed by atoms with Crippen molar-refractivity contribution < 1.29 is 0 Å². The Kier molecular flexibility index (Phi) is 3.27. The predicted molar refractivity (Wildman–Crippen MR) is 77.1 cm³/mol. The van der Waals surface area contributed by atoms with Crippen molar-refractivity contribution in [1.82, 2.24) is 20.1 Å². The normalized spacial score (nSPS) is 11.3. The van der Waals surface area contributed by atoms with E-state index in [1.807, 2.05) is 42.1 Å². The van der Waals surface area contributed by atoms with Gasteiger partial charge in [-0.1, -0.05) is 29.8 Å². The first-order chi connectivity index (χ1) is 9.25. The number of aromatic nitrogens is 3. The van der Waals surface area contributed by atoms with E-state index < -0.39 is 0 Å². The van der Waals surface area contributed by atoms with Crippen LogP contribution < -0.4 is 5.32 Å². The Labute approximate surface area is 116 Å². The van der Waals surface area contributed by atoms with Gasteiger partial charge in [-0.15, -0.1) is 0 Å². The lowest BCUT2D eigenvalue weighted by Crippen LogP contribution is -2.15. The number of H-pyrrole nitrogens is 1. The summed E-state index contributed by atoms with van der Waals surface area (Å²) < 4.78 is 1.86. The molecule has 4 nitrogen and oxygen atoms in total. The maximum Gasteiger partial charge on any atom is 0.0705 e. The summed E-state index contributed by atoms with van der Waals surface area (Å²) >= 11 is 6.36. The Balaban J connectivity index is 1.72. The maximum absolute atomic E-state index is 6.36. The highest BCUT2D eigenvalue weighted by Gasteiger charge is 2.08. The molecule has 5 heteroatoms. The van der Waals surface area contributed by atoms with Gasteiger partial charge < -0.3 is 10.3 Å². The van der Waals surface area contributed by atoms with Gasteiger partial charge in [0.25, 0.3) is 0 Å². The number of fused-ring (bicyclic) bond motifs is 1. The number of rotatable bonds is 4. The molecule has 0 aliphatic heterocycles. The van der Waals surface area contributed by atoms with Crippen molar-refractivity contribution in [3.8, 4) is 0 Å². The van der Waals surface area contributed by atoms with Crippen LogP contribution in [0.5, 0.6) is 0 Å². The average molecular weight is 275 g/mol. The van der Waals surface area contributed by atoms with Crippen molar-refractivity contribution in [3.05, 3.63) is 52.9 Å². The standard InChI is InChI=1S/C14H15ClN4/c1-19-10(6-7-17-19)8-16-9-13-14(15)11-4-2-3-5-12(11)18-13/h2-7,16,18H,8-9H2,1H3. The van der Waals surface area contributed by atoms with Crippen molar-refractivity contribution in [1.29, 1.82) is 0 Å². The van der Waals surface area contributed by atoms with Gasteiger partial charge in [-0.25, -0.2) is 0 Å². The Morgan fingerprint density at radius 2 is 2.11 bits per heavy atom. The topological polar surface area (TPSA) is 45.6 Å². The number of nitrogens with one attached hydrogen (secondary N) is 2. The first kappa shape index (κ1) is 12.3. The van der Waals surface area contributed by atoms with Crippen molar-refractivity contribution in [2.45, 2.75) is 13.1 Å². The zero-order chi connectivity index (χ0) is 13.2. The minimum atomic E-state index is 0.707. The van der Waals surface area contributed by atoms with Crippen molar-refractivity contribution in [2.75, 3.05) is 0 Å². The highest BCUT2D eigenvalue weighted by molar-refractivity contribution is 6.36. The van der Waals surface area contributed by atoms with E-state index in [1.165, 1.54) is 0 Å². The Morgan fingerprint density at radius 1 is 1.26 bits per heavy atom. The van der Waals surface area contributed by atoms with Crippen LogP contribution in [0.2, 0.25) is 5.02 Å². The fraction of sp³-hybridized carbons (Fsp3) is 0.214. The third kappa shape index (κ3) is 2.37. The van der Waals surface area contributed by atoms with Crippen LogP contribution in [-0.2, 0) is 20.1 Å². The number of hydrogen-bond acceptors (Lipinski definition) is 2. The molecule has 0 fully saturated rings. The summed E-state index contributed by atoms with van der Waals surface area (Å²) in [4.78, 5) is 3.34. The van der Waals surface area contributed by atoms with Crippen molar-refractivity contribution in [2.24, 2.45) is 7.05 Å². The highest BCUT2D eigenvalue weighted by Crippen LogP contribution is 2.26. The molecule has 2 N–H and O–H groups in total. The summed E-state index contributed by atoms with van der Waals surface area (Å²) in [5, 5.41) is 9.38. The van der Waals surface area contributed by atoms with Crippen LogP contribution in [0.1, 0.15) is 11.4 Å². The molecule has 0 amide bonds. The molecule has 0 aliphatic rings. The van der Waals surface area contributed by atoms with E-state index in [9.17, 15) is 0 Å². The van der Waals surface area contributed by atoms with E-state index in [0.717, 1.165) is 33.9 Å². The SMILES string of the molecule is Cn1nccc1CNCc1[nH]c2ccccc2c1Cl. The zero-order valence-corrected chi connectivity index (χ0v) is 11.4. The average Bonchev–Trinajstić information content (AvgIpc) is 2.96. The van der Waals surface area contributed by atoms with Gasteiger partial charge in [0.1, 0.15) is 0 Å². The summed E-state index contributed by atoms with van der Waals surface area (Å²) in [6.45, 7) is 1.47. The summed E-state index contributed by atoms with van der Waals surface area (Å²) in [6.07, 6.45) is 1.80. The van der Waals surface area contributed by atoms with Crippen LogP contribution in [0, 0.1) is 0 Å². The number of hydrogen-bond donors (Lipinski definition) is 2. The molecule has 2 aromatic heterocycles. The monoisotopic (exact) mass is 274 g/mol. The molecule has 0 saturated carbocycles. The third-order valence-corrected chi connectivity index (χ3v) is 3.68. The number of aryl methyl sites for hydroxylation is 1. The van der Waals surface area contributed by atoms with E-state index in [1.54, 1.807) is 6.20 Å². The second-order valence-corrected chi connectivity index (χ2v) is 4.89. The molecule has 0 spiro atoms. The molecule has 0 unspecified atom stereocenters. The van der Waals surface area contributed by atoms with E-state index >= 15 is 0 Å². The second kappa shape index (κ2) is 5.07. The smallest absolute Gasteiger partial charge is 0.0705 e. The Bertz CT molecular complexity index is 698. The van der Waals surface area contributed by atoms with Gasteiger partial charge in [0.15, 0.2) is 0 Å². The minimum Gasteiger partial charge on any atom is -0.356 e. The Morgan fingerprint density at radius 3 is 2.84 bits per heavy atom. The molecule has 0 radical (unpaired) electrons. The van der Waals surface area contributed by atoms with Gasteiger partial charge in [-0.05, 0) is 12.1 Å². The van der Waals surface area contributed by atoms with Crippen LogP contribution >= 0.6 is 11.6 Å². The lowest BCUT2D eigenvalue weighted by molar-refractivity contribution is 0.621. The van der Waals surface area contributed by atoms with Crippen LogP contribution in [0.15, 0.2) is 36.5 Å². The van der Waals surface area contributed by atoms with E-state index in [-0.39, 0.29) is 0 Å².